The molecule has 0 saturated heterocycles. The molecule has 0 unspecified atom stereocenters. The molecule has 1 aliphatic carbocycles. The first kappa shape index (κ1) is 17.9. The second-order valence-corrected chi connectivity index (χ2v) is 6.63. The third kappa shape index (κ3) is 3.69. The molecule has 1 atom stereocenters. The molecule has 6 nitrogen and oxygen atoms in total. The Morgan fingerprint density at radius 3 is 2.85 bits per heavy atom. The second-order valence-electron chi connectivity index (χ2n) is 6.63. The molecule has 26 heavy (non-hydrogen) atoms. The lowest BCUT2D eigenvalue weighted by molar-refractivity contribution is -0.385. The van der Waals surface area contributed by atoms with Gasteiger partial charge in [0.05, 0.1) is 11.0 Å². The highest BCUT2D eigenvalue weighted by Gasteiger charge is 2.27. The van der Waals surface area contributed by atoms with Crippen molar-refractivity contribution in [1.29, 1.82) is 0 Å². The number of aryl methyl sites for hydroxylation is 2. The van der Waals surface area contributed by atoms with Gasteiger partial charge >= 0.3 is 5.69 Å². The van der Waals surface area contributed by atoms with E-state index in [9.17, 15) is 14.9 Å². The normalized spacial score (nSPS) is 15.8. The Bertz CT molecular complexity index is 834. The number of benzene rings is 2. The van der Waals surface area contributed by atoms with Crippen LogP contribution in [0.5, 0.6) is 5.75 Å². The van der Waals surface area contributed by atoms with Gasteiger partial charge in [0.2, 0.25) is 0 Å². The lowest BCUT2D eigenvalue weighted by Crippen LogP contribution is -2.36. The highest BCUT2D eigenvalue weighted by atomic mass is 16.6. The molecule has 1 amide bonds. The van der Waals surface area contributed by atoms with Crippen LogP contribution in [-0.4, -0.2) is 29.4 Å². The lowest BCUT2D eigenvalue weighted by atomic mass is 9.87. The van der Waals surface area contributed by atoms with Gasteiger partial charge in [0.1, 0.15) is 0 Å². The number of nitrogens with zero attached hydrogens (tertiary/aromatic N) is 2. The molecular weight excluding hydrogens is 332 g/mol. The first-order chi connectivity index (χ1) is 12.5. The summed E-state index contributed by atoms with van der Waals surface area (Å²) < 4.78 is 5.48. The monoisotopic (exact) mass is 354 g/mol. The average molecular weight is 354 g/mol. The number of hydrogen-bond donors (Lipinski definition) is 0. The maximum atomic E-state index is 12.6. The van der Waals surface area contributed by atoms with E-state index in [-0.39, 0.29) is 30.0 Å². The lowest BCUT2D eigenvalue weighted by Gasteiger charge is -2.33. The summed E-state index contributed by atoms with van der Waals surface area (Å²) in [5.74, 6) is -0.0760. The van der Waals surface area contributed by atoms with E-state index in [1.807, 2.05) is 12.1 Å². The summed E-state index contributed by atoms with van der Waals surface area (Å²) in [5, 5.41) is 11.2. The fraction of sp³-hybridized carbons (Fsp3) is 0.350. The Morgan fingerprint density at radius 2 is 2.08 bits per heavy atom. The van der Waals surface area contributed by atoms with Gasteiger partial charge in [0.25, 0.3) is 5.91 Å². The van der Waals surface area contributed by atoms with E-state index in [1.54, 1.807) is 24.9 Å². The Labute approximate surface area is 152 Å². The number of ether oxygens (including phenoxy) is 1. The standard InChI is InChI=1S/C20H22N2O4/c1-14-10-11-19(18(12-14)22(24)25)26-13-20(23)21(2)17-9-5-7-15-6-3-4-8-16(15)17/h3-4,6,8,10-12,17H,5,7,9,13H2,1-2H3/t17-/m0/s1. The van der Waals surface area contributed by atoms with Gasteiger partial charge in [-0.25, -0.2) is 0 Å². The minimum absolute atomic E-state index is 0.0176. The second kappa shape index (κ2) is 7.56. The highest BCUT2D eigenvalue weighted by molar-refractivity contribution is 5.78. The Morgan fingerprint density at radius 1 is 1.31 bits per heavy atom. The number of likely N-dealkylation sites (N-methyl/N-ethyl adjacent to an activating group) is 1. The largest absolute Gasteiger partial charge is 0.477 e. The minimum Gasteiger partial charge on any atom is -0.477 e. The van der Waals surface area contributed by atoms with Crippen LogP contribution in [-0.2, 0) is 11.2 Å². The molecule has 6 heteroatoms. The summed E-state index contributed by atoms with van der Waals surface area (Å²) in [4.78, 5) is 25.0. The van der Waals surface area contributed by atoms with E-state index in [0.717, 1.165) is 24.8 Å². The van der Waals surface area contributed by atoms with Crippen molar-refractivity contribution in [3.63, 3.8) is 0 Å². The summed E-state index contributed by atoms with van der Waals surface area (Å²) in [6.07, 6.45) is 2.97. The van der Waals surface area contributed by atoms with Gasteiger partial charge in [-0.1, -0.05) is 30.3 Å². The molecule has 0 bridgehead atoms. The van der Waals surface area contributed by atoms with Gasteiger partial charge in [0.15, 0.2) is 12.4 Å². The number of fused-ring (bicyclic) bond motifs is 1. The van der Waals surface area contributed by atoms with E-state index >= 15 is 0 Å². The molecule has 2 aromatic carbocycles. The van der Waals surface area contributed by atoms with Gasteiger partial charge in [-0.05, 0) is 48.9 Å². The molecule has 3 rings (SSSR count). The summed E-state index contributed by atoms with van der Waals surface area (Å²) in [7, 11) is 1.77. The number of amides is 1. The zero-order chi connectivity index (χ0) is 18.7. The molecule has 0 aromatic heterocycles. The van der Waals surface area contributed by atoms with Crippen molar-refractivity contribution in [3.05, 3.63) is 69.3 Å². The molecule has 0 radical (unpaired) electrons. The molecule has 0 N–H and O–H groups in total. The molecule has 0 aliphatic heterocycles. The minimum atomic E-state index is -0.492. The predicted molar refractivity (Wildman–Crippen MR) is 98.2 cm³/mol. The fourth-order valence-corrected chi connectivity index (χ4v) is 3.44. The van der Waals surface area contributed by atoms with E-state index in [1.165, 1.54) is 23.3 Å². The molecule has 0 spiro atoms. The van der Waals surface area contributed by atoms with Crippen molar-refractivity contribution < 1.29 is 14.5 Å². The maximum Gasteiger partial charge on any atom is 0.311 e. The smallest absolute Gasteiger partial charge is 0.311 e. The molecule has 0 heterocycles. The number of nitro benzene ring substituents is 1. The van der Waals surface area contributed by atoms with Gasteiger partial charge in [-0.3, -0.25) is 14.9 Å². The number of hydrogen-bond acceptors (Lipinski definition) is 4. The molecule has 0 fully saturated rings. The van der Waals surface area contributed by atoms with Crippen molar-refractivity contribution in [1.82, 2.24) is 4.90 Å². The first-order valence-electron chi connectivity index (χ1n) is 8.68. The average Bonchev–Trinajstić information content (AvgIpc) is 2.65. The summed E-state index contributed by atoms with van der Waals surface area (Å²) in [6.45, 7) is 1.55. The van der Waals surface area contributed by atoms with Crippen LogP contribution in [0.15, 0.2) is 42.5 Å². The van der Waals surface area contributed by atoms with Crippen LogP contribution in [0, 0.1) is 17.0 Å². The van der Waals surface area contributed by atoms with Crippen molar-refractivity contribution in [2.24, 2.45) is 0 Å². The highest BCUT2D eigenvalue weighted by Crippen LogP contribution is 2.33. The fourth-order valence-electron chi connectivity index (χ4n) is 3.44. The van der Waals surface area contributed by atoms with Crippen molar-refractivity contribution in [2.45, 2.75) is 32.2 Å². The number of nitro groups is 1. The van der Waals surface area contributed by atoms with Crippen LogP contribution in [0.2, 0.25) is 0 Å². The molecule has 1 aliphatic rings. The van der Waals surface area contributed by atoms with Crippen LogP contribution >= 0.6 is 0 Å². The third-order valence-electron chi connectivity index (χ3n) is 4.86. The van der Waals surface area contributed by atoms with E-state index in [4.69, 9.17) is 4.74 Å². The molecule has 2 aromatic rings. The topological polar surface area (TPSA) is 72.7 Å². The van der Waals surface area contributed by atoms with E-state index < -0.39 is 4.92 Å². The number of rotatable bonds is 5. The molecule has 0 saturated carbocycles. The summed E-state index contributed by atoms with van der Waals surface area (Å²) >= 11 is 0. The Balaban J connectivity index is 1.71. The molecular formula is C20H22N2O4. The zero-order valence-electron chi connectivity index (χ0n) is 15.0. The van der Waals surface area contributed by atoms with E-state index in [0.29, 0.717) is 0 Å². The maximum absolute atomic E-state index is 12.6. The van der Waals surface area contributed by atoms with Crippen LogP contribution in [0.3, 0.4) is 0 Å². The van der Waals surface area contributed by atoms with Gasteiger partial charge < -0.3 is 9.64 Å². The Kier molecular flexibility index (Phi) is 5.21. The van der Waals surface area contributed by atoms with Gasteiger partial charge in [-0.15, -0.1) is 0 Å². The van der Waals surface area contributed by atoms with E-state index in [2.05, 4.69) is 12.1 Å². The van der Waals surface area contributed by atoms with Gasteiger partial charge in [0, 0.05) is 13.1 Å². The first-order valence-corrected chi connectivity index (χ1v) is 8.68. The van der Waals surface area contributed by atoms with Crippen LogP contribution in [0.1, 0.15) is 35.6 Å². The predicted octanol–water partition coefficient (Wildman–Crippen LogP) is 3.82. The van der Waals surface area contributed by atoms with Gasteiger partial charge in [-0.2, -0.15) is 0 Å². The SMILES string of the molecule is Cc1ccc(OCC(=O)N(C)[C@H]2CCCc3ccccc32)c([N+](=O)[O-])c1. The van der Waals surface area contributed by atoms with Crippen LogP contribution in [0.4, 0.5) is 5.69 Å². The summed E-state index contributed by atoms with van der Waals surface area (Å²) in [5.41, 5.74) is 3.10. The quantitative estimate of drug-likeness (QED) is 0.604. The van der Waals surface area contributed by atoms with Crippen molar-refractivity contribution >= 4 is 11.6 Å². The number of carbonyl (C=O) groups excluding carboxylic acids is 1. The third-order valence-corrected chi connectivity index (χ3v) is 4.86. The zero-order valence-corrected chi connectivity index (χ0v) is 15.0. The molecule has 136 valence electrons. The summed E-state index contributed by atoms with van der Waals surface area (Å²) in [6, 6.07) is 12.9. The van der Waals surface area contributed by atoms with Crippen molar-refractivity contribution in [3.8, 4) is 5.75 Å². The van der Waals surface area contributed by atoms with Crippen LogP contribution in [0.25, 0.3) is 0 Å². The number of carbonyl (C=O) groups is 1. The Hall–Kier alpha value is -2.89. The van der Waals surface area contributed by atoms with Crippen molar-refractivity contribution in [2.75, 3.05) is 13.7 Å². The van der Waals surface area contributed by atoms with Crippen LogP contribution < -0.4 is 4.74 Å².